The molecule has 0 saturated carbocycles. The molecule has 0 bridgehead atoms. The van der Waals surface area contributed by atoms with Crippen molar-refractivity contribution in [1.82, 2.24) is 0 Å². The summed E-state index contributed by atoms with van der Waals surface area (Å²) in [5.74, 6) is -4.27. The van der Waals surface area contributed by atoms with Crippen molar-refractivity contribution in [2.24, 2.45) is 0 Å². The Labute approximate surface area is 109 Å². The molecule has 0 N–H and O–H groups in total. The molecule has 0 fully saturated rings. The van der Waals surface area contributed by atoms with Crippen LogP contribution in [0.4, 0.5) is 4.39 Å². The van der Waals surface area contributed by atoms with Gasteiger partial charge in [0.15, 0.2) is 0 Å². The second kappa shape index (κ2) is 8.82. The number of carbonyl (C=O) groups is 3. The van der Waals surface area contributed by atoms with Gasteiger partial charge in [-0.2, -0.15) is 0 Å². The van der Waals surface area contributed by atoms with Crippen molar-refractivity contribution in [3.8, 4) is 0 Å². The summed E-state index contributed by atoms with van der Waals surface area (Å²) in [5, 5.41) is 0. The van der Waals surface area contributed by atoms with E-state index in [0.29, 0.717) is 0 Å². The SMILES string of the molecule is CCOC(=O)C(=O)C(F)C(=O)OCC.[NaH]. The standard InChI is InChI=1S/C8H11FO5.Na.H/c1-3-13-7(11)5(9)6(10)8(12)14-4-2;;/h5H,3-4H2,1-2H3;;. The Kier molecular flexibility index (Phi) is 9.96. The van der Waals surface area contributed by atoms with E-state index >= 15 is 0 Å². The van der Waals surface area contributed by atoms with Crippen molar-refractivity contribution in [3.63, 3.8) is 0 Å². The Morgan fingerprint density at radius 3 is 2.00 bits per heavy atom. The summed E-state index contributed by atoms with van der Waals surface area (Å²) >= 11 is 0. The van der Waals surface area contributed by atoms with Crippen LogP contribution in [0.5, 0.6) is 0 Å². The van der Waals surface area contributed by atoms with Crippen LogP contribution in [0.25, 0.3) is 0 Å². The van der Waals surface area contributed by atoms with Gasteiger partial charge in [-0.1, -0.05) is 0 Å². The Bertz CT molecular complexity index is 243. The quantitative estimate of drug-likeness (QED) is 0.272. The molecule has 0 amide bonds. The van der Waals surface area contributed by atoms with Crippen LogP contribution < -0.4 is 0 Å². The molecule has 0 spiro atoms. The van der Waals surface area contributed by atoms with E-state index in [2.05, 4.69) is 9.47 Å². The number of hydrogen-bond donors (Lipinski definition) is 0. The van der Waals surface area contributed by atoms with Crippen molar-refractivity contribution >= 4 is 47.3 Å². The summed E-state index contributed by atoms with van der Waals surface area (Å²) in [6.45, 7) is 2.80. The third kappa shape index (κ3) is 5.86. The van der Waals surface area contributed by atoms with E-state index < -0.39 is 23.9 Å². The molecule has 82 valence electrons. The molecule has 0 aliphatic rings. The molecule has 0 aliphatic heterocycles. The van der Waals surface area contributed by atoms with Crippen LogP contribution in [-0.2, 0) is 23.9 Å². The predicted molar refractivity (Wildman–Crippen MR) is 50.3 cm³/mol. The molecule has 0 aromatic carbocycles. The normalized spacial score (nSPS) is 10.9. The van der Waals surface area contributed by atoms with Crippen LogP contribution in [0.2, 0.25) is 0 Å². The van der Waals surface area contributed by atoms with E-state index in [1.165, 1.54) is 13.8 Å². The number of hydrogen-bond acceptors (Lipinski definition) is 5. The van der Waals surface area contributed by atoms with Crippen LogP contribution in [0.1, 0.15) is 13.8 Å². The monoisotopic (exact) mass is 230 g/mol. The minimum atomic E-state index is -2.59. The first-order valence-electron chi connectivity index (χ1n) is 4.06. The number of esters is 2. The van der Waals surface area contributed by atoms with E-state index in [1.54, 1.807) is 0 Å². The Hall–Kier alpha value is -0.460. The van der Waals surface area contributed by atoms with Crippen LogP contribution in [0.15, 0.2) is 0 Å². The molecular formula is C8H12FNaO5. The van der Waals surface area contributed by atoms with E-state index in [9.17, 15) is 18.8 Å². The molecule has 0 aliphatic carbocycles. The second-order valence-electron chi connectivity index (χ2n) is 2.20. The summed E-state index contributed by atoms with van der Waals surface area (Å²) in [5.41, 5.74) is 0. The molecule has 0 saturated heterocycles. The summed E-state index contributed by atoms with van der Waals surface area (Å²) in [6, 6.07) is 0. The maximum absolute atomic E-state index is 12.8. The van der Waals surface area contributed by atoms with Gasteiger partial charge in [0.25, 0.3) is 12.0 Å². The molecule has 7 heteroatoms. The van der Waals surface area contributed by atoms with E-state index in [-0.39, 0.29) is 42.8 Å². The molecule has 1 unspecified atom stereocenters. The maximum atomic E-state index is 12.8. The van der Waals surface area contributed by atoms with Gasteiger partial charge in [0.1, 0.15) is 0 Å². The minimum absolute atomic E-state index is 0. The molecule has 15 heavy (non-hydrogen) atoms. The third-order valence-electron chi connectivity index (χ3n) is 1.20. The number of ether oxygens (including phenoxy) is 2. The molecule has 1 atom stereocenters. The van der Waals surface area contributed by atoms with E-state index in [0.717, 1.165) is 0 Å². The third-order valence-corrected chi connectivity index (χ3v) is 1.20. The number of alkyl halides is 1. The van der Waals surface area contributed by atoms with Crippen molar-refractivity contribution in [2.75, 3.05) is 13.2 Å². The molecular weight excluding hydrogens is 218 g/mol. The van der Waals surface area contributed by atoms with Crippen LogP contribution in [0, 0.1) is 0 Å². The van der Waals surface area contributed by atoms with Gasteiger partial charge in [0, 0.05) is 0 Å². The van der Waals surface area contributed by atoms with Crippen molar-refractivity contribution < 1.29 is 28.2 Å². The summed E-state index contributed by atoms with van der Waals surface area (Å²) in [4.78, 5) is 32.1. The van der Waals surface area contributed by atoms with Gasteiger partial charge >= 0.3 is 41.5 Å². The first-order chi connectivity index (χ1) is 6.54. The molecule has 5 nitrogen and oxygen atoms in total. The molecule has 0 aromatic heterocycles. The summed E-state index contributed by atoms with van der Waals surface area (Å²) < 4.78 is 21.3. The molecule has 0 radical (unpaired) electrons. The molecule has 0 heterocycles. The average Bonchev–Trinajstić information content (AvgIpc) is 2.16. The fraction of sp³-hybridized carbons (Fsp3) is 0.625. The van der Waals surface area contributed by atoms with Gasteiger partial charge in [-0.3, -0.25) is 4.79 Å². The zero-order valence-corrected chi connectivity index (χ0v) is 7.91. The fourth-order valence-electron chi connectivity index (χ4n) is 0.628. The van der Waals surface area contributed by atoms with Crippen LogP contribution in [-0.4, -0.2) is 66.7 Å². The van der Waals surface area contributed by atoms with Crippen LogP contribution in [0.3, 0.4) is 0 Å². The van der Waals surface area contributed by atoms with Crippen molar-refractivity contribution in [2.45, 2.75) is 20.0 Å². The van der Waals surface area contributed by atoms with E-state index in [1.807, 2.05) is 0 Å². The Balaban J connectivity index is 0. The Morgan fingerprint density at radius 2 is 1.60 bits per heavy atom. The fourth-order valence-corrected chi connectivity index (χ4v) is 0.628. The summed E-state index contributed by atoms with van der Waals surface area (Å²) in [6.07, 6.45) is -2.59. The van der Waals surface area contributed by atoms with Crippen molar-refractivity contribution in [1.29, 1.82) is 0 Å². The van der Waals surface area contributed by atoms with Gasteiger partial charge in [-0.15, -0.1) is 0 Å². The van der Waals surface area contributed by atoms with Crippen LogP contribution >= 0.6 is 0 Å². The van der Waals surface area contributed by atoms with Gasteiger partial charge in [0.05, 0.1) is 13.2 Å². The number of Topliss-reactive ketones (excluding diaryl/α,β-unsaturated/α-hetero) is 1. The number of rotatable bonds is 5. The molecule has 0 aromatic rings. The zero-order chi connectivity index (χ0) is 11.1. The predicted octanol–water partition coefficient (Wildman–Crippen LogP) is -0.629. The van der Waals surface area contributed by atoms with Gasteiger partial charge in [-0.05, 0) is 13.8 Å². The summed E-state index contributed by atoms with van der Waals surface area (Å²) in [7, 11) is 0. The molecule has 0 rings (SSSR count). The van der Waals surface area contributed by atoms with Gasteiger partial charge < -0.3 is 9.47 Å². The van der Waals surface area contributed by atoms with Gasteiger partial charge in [0.2, 0.25) is 0 Å². The number of ketones is 1. The first-order valence-corrected chi connectivity index (χ1v) is 4.06. The average molecular weight is 230 g/mol. The first kappa shape index (κ1) is 17.0. The number of carbonyl (C=O) groups excluding carboxylic acids is 3. The topological polar surface area (TPSA) is 69.7 Å². The Morgan fingerprint density at radius 1 is 1.13 bits per heavy atom. The van der Waals surface area contributed by atoms with E-state index in [4.69, 9.17) is 0 Å². The van der Waals surface area contributed by atoms with Crippen molar-refractivity contribution in [3.05, 3.63) is 0 Å². The zero-order valence-electron chi connectivity index (χ0n) is 7.91. The number of halogens is 1. The van der Waals surface area contributed by atoms with Gasteiger partial charge in [-0.25, -0.2) is 14.0 Å². The second-order valence-corrected chi connectivity index (χ2v) is 2.20.